The van der Waals surface area contributed by atoms with Gasteiger partial charge in [0.2, 0.25) is 0 Å². The van der Waals surface area contributed by atoms with E-state index in [9.17, 15) is 4.79 Å². The first-order valence-electron chi connectivity index (χ1n) is 6.43. The van der Waals surface area contributed by atoms with E-state index in [2.05, 4.69) is 18.7 Å². The van der Waals surface area contributed by atoms with Crippen molar-refractivity contribution in [3.05, 3.63) is 0 Å². The minimum absolute atomic E-state index is 0.501. The summed E-state index contributed by atoms with van der Waals surface area (Å²) in [6.07, 6.45) is 9.84. The minimum Gasteiger partial charge on any atom is -0.300 e. The van der Waals surface area contributed by atoms with Gasteiger partial charge in [-0.05, 0) is 25.2 Å². The number of carbonyl (C=O) groups is 1. The van der Waals surface area contributed by atoms with Gasteiger partial charge in [-0.15, -0.1) is 0 Å². The number of hydrogen-bond acceptors (Lipinski definition) is 2. The van der Waals surface area contributed by atoms with Crippen LogP contribution in [0, 0.1) is 5.92 Å². The molecule has 15 heavy (non-hydrogen) atoms. The number of rotatable bonds is 2. The summed E-state index contributed by atoms with van der Waals surface area (Å²) in [4.78, 5) is 11.4. The average molecular weight is 226 g/mol. The molecule has 0 radical (unpaired) electrons. The van der Waals surface area contributed by atoms with Gasteiger partial charge in [-0.1, -0.05) is 26.2 Å². The maximum absolute atomic E-state index is 11.4. The molecular weight excluding hydrogens is 204 g/mol. The van der Waals surface area contributed by atoms with E-state index >= 15 is 0 Å². The van der Waals surface area contributed by atoms with E-state index in [0.717, 1.165) is 30.4 Å². The summed E-state index contributed by atoms with van der Waals surface area (Å²) in [6.45, 7) is 2.33. The highest BCUT2D eigenvalue weighted by Crippen LogP contribution is 2.38. The molecule has 0 aromatic carbocycles. The summed E-state index contributed by atoms with van der Waals surface area (Å²) in [5.41, 5.74) is 0. The molecule has 0 saturated heterocycles. The van der Waals surface area contributed by atoms with Gasteiger partial charge in [0, 0.05) is 23.3 Å². The third-order valence-corrected chi connectivity index (χ3v) is 5.70. The lowest BCUT2D eigenvalue weighted by molar-refractivity contribution is -0.120. The molecule has 0 aromatic heterocycles. The van der Waals surface area contributed by atoms with Crippen LogP contribution in [-0.2, 0) is 4.79 Å². The van der Waals surface area contributed by atoms with Crippen LogP contribution in [-0.4, -0.2) is 16.3 Å². The van der Waals surface area contributed by atoms with E-state index in [1.165, 1.54) is 32.1 Å². The van der Waals surface area contributed by atoms with Crippen molar-refractivity contribution in [3.63, 3.8) is 0 Å². The summed E-state index contributed by atoms with van der Waals surface area (Å²) in [6, 6.07) is 0. The predicted molar refractivity (Wildman–Crippen MR) is 66.3 cm³/mol. The zero-order valence-electron chi connectivity index (χ0n) is 9.71. The Labute approximate surface area is 97.4 Å². The van der Waals surface area contributed by atoms with Gasteiger partial charge in [-0.25, -0.2) is 0 Å². The van der Waals surface area contributed by atoms with E-state index < -0.39 is 0 Å². The van der Waals surface area contributed by atoms with Crippen LogP contribution >= 0.6 is 11.8 Å². The fourth-order valence-corrected chi connectivity index (χ4v) is 4.52. The third kappa shape index (κ3) is 3.24. The Hall–Kier alpha value is 0.0200. The van der Waals surface area contributed by atoms with Crippen molar-refractivity contribution in [1.82, 2.24) is 0 Å². The predicted octanol–water partition coefficient (Wildman–Crippen LogP) is 3.81. The van der Waals surface area contributed by atoms with Crippen LogP contribution in [0.4, 0.5) is 0 Å². The zero-order valence-corrected chi connectivity index (χ0v) is 10.5. The van der Waals surface area contributed by atoms with Gasteiger partial charge in [0.05, 0.1) is 0 Å². The minimum atomic E-state index is 0.501. The lowest BCUT2D eigenvalue weighted by Crippen LogP contribution is -2.27. The number of Topliss-reactive ketones (excluding diaryl/α,β-unsaturated/α-hetero) is 1. The highest BCUT2D eigenvalue weighted by molar-refractivity contribution is 8.00. The van der Waals surface area contributed by atoms with E-state index in [4.69, 9.17) is 0 Å². The fraction of sp³-hybridized carbons (Fsp3) is 0.923. The molecule has 2 unspecified atom stereocenters. The molecule has 0 amide bonds. The smallest absolute Gasteiger partial charge is 0.134 e. The average Bonchev–Trinajstić information content (AvgIpc) is 2.25. The monoisotopic (exact) mass is 226 g/mol. The van der Waals surface area contributed by atoms with Gasteiger partial charge in [0.1, 0.15) is 5.78 Å². The van der Waals surface area contributed by atoms with Crippen LogP contribution in [0.5, 0.6) is 0 Å². The summed E-state index contributed by atoms with van der Waals surface area (Å²) in [5, 5.41) is 1.49. The highest BCUT2D eigenvalue weighted by Gasteiger charge is 2.29. The van der Waals surface area contributed by atoms with Crippen molar-refractivity contribution >= 4 is 17.5 Å². The number of thioether (sulfide) groups is 1. The van der Waals surface area contributed by atoms with Gasteiger partial charge in [-0.3, -0.25) is 4.79 Å². The maximum Gasteiger partial charge on any atom is 0.134 e. The molecule has 2 fully saturated rings. The standard InChI is InChI=1S/C13H22OS/c1-10-7-8-11(14)9-13(10)15-12-5-3-2-4-6-12/h10,12-13H,2-9H2,1H3. The summed E-state index contributed by atoms with van der Waals surface area (Å²) < 4.78 is 0. The molecule has 2 atom stereocenters. The van der Waals surface area contributed by atoms with Crippen LogP contribution in [0.3, 0.4) is 0 Å². The molecular formula is C13H22OS. The molecule has 2 aliphatic carbocycles. The molecule has 1 nitrogen and oxygen atoms in total. The van der Waals surface area contributed by atoms with Gasteiger partial charge >= 0.3 is 0 Å². The van der Waals surface area contributed by atoms with Crippen molar-refractivity contribution in [2.75, 3.05) is 0 Å². The number of carbonyl (C=O) groups excluding carboxylic acids is 1. The molecule has 2 heteroatoms. The Kier molecular flexibility index (Phi) is 4.13. The summed E-state index contributed by atoms with van der Waals surface area (Å²) in [5.74, 6) is 1.26. The second-order valence-corrected chi connectivity index (χ2v) is 6.74. The Morgan fingerprint density at radius 1 is 1.13 bits per heavy atom. The van der Waals surface area contributed by atoms with Crippen molar-refractivity contribution in [1.29, 1.82) is 0 Å². The normalized spacial score (nSPS) is 34.3. The second kappa shape index (κ2) is 5.38. The quantitative estimate of drug-likeness (QED) is 0.712. The Morgan fingerprint density at radius 2 is 1.87 bits per heavy atom. The number of ketones is 1. The van der Waals surface area contributed by atoms with E-state index in [1.54, 1.807) is 0 Å². The first-order chi connectivity index (χ1) is 7.25. The maximum atomic E-state index is 11.4. The van der Waals surface area contributed by atoms with Crippen LogP contribution in [0.15, 0.2) is 0 Å². The molecule has 2 saturated carbocycles. The third-order valence-electron chi connectivity index (χ3n) is 3.86. The highest BCUT2D eigenvalue weighted by atomic mass is 32.2. The molecule has 0 N–H and O–H groups in total. The Morgan fingerprint density at radius 3 is 2.60 bits per heavy atom. The molecule has 0 bridgehead atoms. The second-order valence-electron chi connectivity index (χ2n) is 5.19. The zero-order chi connectivity index (χ0) is 10.7. The van der Waals surface area contributed by atoms with Crippen molar-refractivity contribution < 1.29 is 4.79 Å². The fourth-order valence-electron chi connectivity index (χ4n) is 2.73. The summed E-state index contributed by atoms with van der Waals surface area (Å²) >= 11 is 2.13. The van der Waals surface area contributed by atoms with Gasteiger partial charge in [0.25, 0.3) is 0 Å². The number of hydrogen-bond donors (Lipinski definition) is 0. The molecule has 0 aromatic rings. The van der Waals surface area contributed by atoms with E-state index in [-0.39, 0.29) is 0 Å². The van der Waals surface area contributed by atoms with Gasteiger partial charge < -0.3 is 0 Å². The van der Waals surface area contributed by atoms with Crippen LogP contribution in [0.1, 0.15) is 58.3 Å². The summed E-state index contributed by atoms with van der Waals surface area (Å²) in [7, 11) is 0. The van der Waals surface area contributed by atoms with E-state index in [0.29, 0.717) is 11.0 Å². The molecule has 0 spiro atoms. The van der Waals surface area contributed by atoms with E-state index in [1.807, 2.05) is 0 Å². The first-order valence-corrected chi connectivity index (χ1v) is 7.37. The van der Waals surface area contributed by atoms with Gasteiger partial charge in [0.15, 0.2) is 0 Å². The molecule has 2 rings (SSSR count). The van der Waals surface area contributed by atoms with Crippen molar-refractivity contribution in [3.8, 4) is 0 Å². The first kappa shape index (κ1) is 11.5. The van der Waals surface area contributed by atoms with Crippen LogP contribution in [0.25, 0.3) is 0 Å². The SMILES string of the molecule is CC1CCC(=O)CC1SC1CCCCC1. The largest absolute Gasteiger partial charge is 0.300 e. The van der Waals surface area contributed by atoms with Crippen LogP contribution in [0.2, 0.25) is 0 Å². The molecule has 86 valence electrons. The molecule has 0 aliphatic heterocycles. The Bertz CT molecular complexity index is 221. The Balaban J connectivity index is 1.83. The topological polar surface area (TPSA) is 17.1 Å². The molecule has 2 aliphatic rings. The van der Waals surface area contributed by atoms with Crippen molar-refractivity contribution in [2.24, 2.45) is 5.92 Å². The molecule has 0 heterocycles. The lowest BCUT2D eigenvalue weighted by Gasteiger charge is -2.32. The lowest BCUT2D eigenvalue weighted by atomic mass is 9.89. The van der Waals surface area contributed by atoms with Gasteiger partial charge in [-0.2, -0.15) is 11.8 Å². The van der Waals surface area contributed by atoms with Crippen molar-refractivity contribution in [2.45, 2.75) is 68.8 Å². The van der Waals surface area contributed by atoms with Crippen LogP contribution < -0.4 is 0 Å².